The first kappa shape index (κ1) is 20.7. The van der Waals surface area contributed by atoms with Gasteiger partial charge in [-0.3, -0.25) is 23.5 Å². The smallest absolute Gasteiger partial charge is 0.332 e. The Morgan fingerprint density at radius 3 is 2.23 bits per heavy atom. The summed E-state index contributed by atoms with van der Waals surface area (Å²) < 4.78 is 9.38. The fourth-order valence-corrected chi connectivity index (χ4v) is 4.10. The highest BCUT2D eigenvalue weighted by Crippen LogP contribution is 2.19. The van der Waals surface area contributed by atoms with E-state index >= 15 is 0 Å². The molecule has 164 valence electrons. The summed E-state index contributed by atoms with van der Waals surface area (Å²) in [4.78, 5) is 54.2. The molecule has 0 N–H and O–H groups in total. The van der Waals surface area contributed by atoms with Gasteiger partial charge in [-0.25, -0.2) is 4.79 Å². The summed E-state index contributed by atoms with van der Waals surface area (Å²) in [5.41, 5.74) is -0.0289. The second-order valence-electron chi connectivity index (χ2n) is 7.69. The molecule has 4 heterocycles. The van der Waals surface area contributed by atoms with Crippen LogP contribution in [0.3, 0.4) is 0 Å². The minimum absolute atomic E-state index is 0.198. The highest BCUT2D eigenvalue weighted by atomic mass is 16.3. The number of nitrogens with zero attached hydrogens (tertiary/aromatic N) is 5. The standard InChI is InChI=1S/C21H25N5O5/c1-4-7-26-15(13-14-17(26)22(2)21(30)23(3)18(14)27)19(28)24-8-10-25(11-9-24)20(29)16-6-5-12-31-16/h5-6,12-13H,4,7-11H2,1-3H3. The van der Waals surface area contributed by atoms with Crippen LogP contribution in [0.4, 0.5) is 0 Å². The van der Waals surface area contributed by atoms with Gasteiger partial charge in [0.1, 0.15) is 11.3 Å². The Morgan fingerprint density at radius 2 is 1.65 bits per heavy atom. The third-order valence-electron chi connectivity index (χ3n) is 5.75. The molecular formula is C21H25N5O5. The van der Waals surface area contributed by atoms with E-state index in [1.54, 1.807) is 39.6 Å². The first-order valence-electron chi connectivity index (χ1n) is 10.3. The molecule has 0 aliphatic carbocycles. The molecular weight excluding hydrogens is 402 g/mol. The molecule has 3 aromatic heterocycles. The first-order valence-corrected chi connectivity index (χ1v) is 10.3. The van der Waals surface area contributed by atoms with Gasteiger partial charge in [-0.2, -0.15) is 0 Å². The Morgan fingerprint density at radius 1 is 1.00 bits per heavy atom. The normalized spacial score (nSPS) is 14.4. The van der Waals surface area contributed by atoms with Gasteiger partial charge in [0, 0.05) is 46.8 Å². The lowest BCUT2D eigenvalue weighted by Gasteiger charge is -2.34. The van der Waals surface area contributed by atoms with Gasteiger partial charge in [0.25, 0.3) is 17.4 Å². The molecule has 10 nitrogen and oxygen atoms in total. The summed E-state index contributed by atoms with van der Waals surface area (Å²) in [6.45, 7) is 3.99. The van der Waals surface area contributed by atoms with Crippen LogP contribution in [0.5, 0.6) is 0 Å². The zero-order valence-corrected chi connectivity index (χ0v) is 17.8. The van der Waals surface area contributed by atoms with Crippen molar-refractivity contribution in [3.8, 4) is 0 Å². The van der Waals surface area contributed by atoms with Crippen molar-refractivity contribution < 1.29 is 14.0 Å². The van der Waals surface area contributed by atoms with Gasteiger partial charge in [-0.15, -0.1) is 0 Å². The Labute approximate surface area is 177 Å². The van der Waals surface area contributed by atoms with Crippen molar-refractivity contribution in [2.75, 3.05) is 26.2 Å². The molecule has 4 rings (SSSR count). The number of fused-ring (bicyclic) bond motifs is 1. The van der Waals surface area contributed by atoms with E-state index in [1.807, 2.05) is 6.92 Å². The van der Waals surface area contributed by atoms with Crippen molar-refractivity contribution >= 4 is 22.8 Å². The maximum Gasteiger partial charge on any atom is 0.332 e. The number of furan rings is 1. The van der Waals surface area contributed by atoms with Crippen LogP contribution >= 0.6 is 0 Å². The van der Waals surface area contributed by atoms with E-state index in [2.05, 4.69) is 0 Å². The van der Waals surface area contributed by atoms with Gasteiger partial charge in [-0.1, -0.05) is 6.92 Å². The van der Waals surface area contributed by atoms with Crippen molar-refractivity contribution in [2.45, 2.75) is 19.9 Å². The largest absolute Gasteiger partial charge is 0.459 e. The molecule has 0 bridgehead atoms. The lowest BCUT2D eigenvalue weighted by Crippen LogP contribution is -2.50. The molecule has 0 aromatic carbocycles. The maximum absolute atomic E-state index is 13.3. The summed E-state index contributed by atoms with van der Waals surface area (Å²) in [5.74, 6) is -0.139. The van der Waals surface area contributed by atoms with Crippen molar-refractivity contribution in [2.24, 2.45) is 14.1 Å². The molecule has 0 radical (unpaired) electrons. The summed E-state index contributed by atoms with van der Waals surface area (Å²) in [6, 6.07) is 4.86. The van der Waals surface area contributed by atoms with Gasteiger partial charge in [0.2, 0.25) is 0 Å². The Kier molecular flexibility index (Phi) is 5.30. The number of carbonyl (C=O) groups is 2. The molecule has 0 unspecified atom stereocenters. The van der Waals surface area contributed by atoms with Crippen LogP contribution in [0, 0.1) is 0 Å². The zero-order chi connectivity index (χ0) is 22.3. The Balaban J connectivity index is 1.64. The molecule has 0 saturated carbocycles. The van der Waals surface area contributed by atoms with Crippen molar-refractivity contribution in [1.29, 1.82) is 0 Å². The lowest BCUT2D eigenvalue weighted by molar-refractivity contribution is 0.0513. The van der Waals surface area contributed by atoms with Crippen LogP contribution < -0.4 is 11.2 Å². The van der Waals surface area contributed by atoms with Crippen LogP contribution in [-0.2, 0) is 20.6 Å². The third kappa shape index (κ3) is 3.37. The summed E-state index contributed by atoms with van der Waals surface area (Å²) in [5, 5.41) is 0.341. The van der Waals surface area contributed by atoms with Crippen LogP contribution in [0.1, 0.15) is 34.4 Å². The highest BCUT2D eigenvalue weighted by Gasteiger charge is 2.29. The minimum atomic E-state index is -0.433. The minimum Gasteiger partial charge on any atom is -0.459 e. The van der Waals surface area contributed by atoms with E-state index < -0.39 is 11.2 Å². The predicted octanol–water partition coefficient (Wildman–Crippen LogP) is 0.640. The van der Waals surface area contributed by atoms with E-state index in [0.29, 0.717) is 49.5 Å². The summed E-state index contributed by atoms with van der Waals surface area (Å²) >= 11 is 0. The molecule has 2 amide bonds. The van der Waals surface area contributed by atoms with E-state index in [0.717, 1.165) is 11.0 Å². The second-order valence-corrected chi connectivity index (χ2v) is 7.69. The molecule has 0 atom stereocenters. The molecule has 1 fully saturated rings. The Hall–Kier alpha value is -3.56. The van der Waals surface area contributed by atoms with Gasteiger partial charge < -0.3 is 18.8 Å². The van der Waals surface area contributed by atoms with Crippen LogP contribution in [0.15, 0.2) is 38.5 Å². The molecule has 0 spiro atoms. The SMILES string of the molecule is CCCn1c(C(=O)N2CCN(C(=O)c3ccco3)CC2)cc2c(=O)n(C)c(=O)n(C)c21. The number of rotatable bonds is 4. The number of aromatic nitrogens is 3. The molecule has 1 saturated heterocycles. The Bertz CT molecular complexity index is 1260. The van der Waals surface area contributed by atoms with E-state index in [-0.39, 0.29) is 17.6 Å². The van der Waals surface area contributed by atoms with Gasteiger partial charge in [0.05, 0.1) is 11.6 Å². The van der Waals surface area contributed by atoms with Gasteiger partial charge >= 0.3 is 5.69 Å². The first-order chi connectivity index (χ1) is 14.8. The molecule has 1 aliphatic rings. The second kappa shape index (κ2) is 7.93. The molecule has 1 aliphatic heterocycles. The van der Waals surface area contributed by atoms with Gasteiger partial charge in [0.15, 0.2) is 5.76 Å². The fraction of sp³-hybridized carbons (Fsp3) is 0.429. The van der Waals surface area contributed by atoms with Crippen molar-refractivity contribution in [1.82, 2.24) is 23.5 Å². The van der Waals surface area contributed by atoms with Crippen molar-refractivity contribution in [3.63, 3.8) is 0 Å². The van der Waals surface area contributed by atoms with E-state index in [4.69, 9.17) is 4.42 Å². The number of amides is 2. The monoisotopic (exact) mass is 427 g/mol. The average Bonchev–Trinajstić information content (AvgIpc) is 3.44. The number of piperazine rings is 1. The topological polar surface area (TPSA) is 103 Å². The predicted molar refractivity (Wildman–Crippen MR) is 113 cm³/mol. The molecule has 3 aromatic rings. The van der Waals surface area contributed by atoms with Crippen LogP contribution in [0.25, 0.3) is 11.0 Å². The lowest BCUT2D eigenvalue weighted by atomic mass is 10.2. The number of carbonyl (C=O) groups excluding carboxylic acids is 2. The average molecular weight is 427 g/mol. The zero-order valence-electron chi connectivity index (χ0n) is 17.8. The molecule has 10 heteroatoms. The van der Waals surface area contributed by atoms with Crippen molar-refractivity contribution in [3.05, 3.63) is 56.8 Å². The quantitative estimate of drug-likeness (QED) is 0.608. The van der Waals surface area contributed by atoms with Crippen LogP contribution in [0.2, 0.25) is 0 Å². The van der Waals surface area contributed by atoms with E-state index in [9.17, 15) is 19.2 Å². The number of hydrogen-bond donors (Lipinski definition) is 0. The fourth-order valence-electron chi connectivity index (χ4n) is 4.10. The highest BCUT2D eigenvalue weighted by molar-refractivity contribution is 5.98. The summed E-state index contributed by atoms with van der Waals surface area (Å²) in [7, 11) is 3.03. The van der Waals surface area contributed by atoms with Crippen LogP contribution in [-0.4, -0.2) is 61.5 Å². The third-order valence-corrected chi connectivity index (χ3v) is 5.75. The number of aryl methyl sites for hydroxylation is 2. The van der Waals surface area contributed by atoms with E-state index in [1.165, 1.54) is 17.9 Å². The summed E-state index contributed by atoms with van der Waals surface area (Å²) in [6.07, 6.45) is 2.19. The number of hydrogen-bond acceptors (Lipinski definition) is 5. The van der Waals surface area contributed by atoms with Gasteiger partial charge in [-0.05, 0) is 24.6 Å². The maximum atomic E-state index is 13.3. The molecule has 31 heavy (non-hydrogen) atoms.